The summed E-state index contributed by atoms with van der Waals surface area (Å²) in [5.41, 5.74) is 3.13. The van der Waals surface area contributed by atoms with Crippen LogP contribution in [0.25, 0.3) is 11.0 Å². The van der Waals surface area contributed by atoms with Crippen molar-refractivity contribution in [1.82, 2.24) is 19.7 Å². The standard InChI is InChI=1S/C20H23ClFN5/c1-12(2)11-27-18(21)17(13(3)25-27)16-9-6-10-26(16)20-19(22)23-14-7-4-5-8-15(14)24-20/h4-5,7-8,12,16H,6,9-11H2,1-3H3. The van der Waals surface area contributed by atoms with Crippen LogP contribution in [-0.2, 0) is 6.54 Å². The number of rotatable bonds is 4. The average molecular weight is 388 g/mol. The maximum atomic E-state index is 14.8. The maximum Gasteiger partial charge on any atom is 0.256 e. The van der Waals surface area contributed by atoms with Crippen molar-refractivity contribution in [2.45, 2.75) is 46.2 Å². The first-order valence-electron chi connectivity index (χ1n) is 9.37. The molecule has 142 valence electrons. The van der Waals surface area contributed by atoms with E-state index in [1.165, 1.54) is 0 Å². The summed E-state index contributed by atoms with van der Waals surface area (Å²) in [7, 11) is 0. The van der Waals surface area contributed by atoms with Gasteiger partial charge in [0.25, 0.3) is 5.95 Å². The molecule has 7 heteroatoms. The van der Waals surface area contributed by atoms with Gasteiger partial charge in [0.1, 0.15) is 5.15 Å². The molecular formula is C20H23ClFN5. The van der Waals surface area contributed by atoms with E-state index in [0.29, 0.717) is 27.9 Å². The van der Waals surface area contributed by atoms with E-state index in [2.05, 4.69) is 28.9 Å². The molecule has 1 fully saturated rings. The smallest absolute Gasteiger partial charge is 0.256 e. The predicted molar refractivity (Wildman–Crippen MR) is 106 cm³/mol. The Bertz CT molecular complexity index is 984. The third-order valence-corrected chi connectivity index (χ3v) is 5.42. The monoisotopic (exact) mass is 387 g/mol. The molecule has 3 aromatic rings. The normalized spacial score (nSPS) is 17.4. The number of para-hydroxylation sites is 2. The molecule has 1 unspecified atom stereocenters. The number of aryl methyl sites for hydroxylation is 1. The van der Waals surface area contributed by atoms with Crippen LogP contribution in [0.2, 0.25) is 5.15 Å². The summed E-state index contributed by atoms with van der Waals surface area (Å²) >= 11 is 6.69. The van der Waals surface area contributed by atoms with Crippen LogP contribution in [0.15, 0.2) is 24.3 Å². The Morgan fingerprint density at radius 2 is 1.93 bits per heavy atom. The number of benzene rings is 1. The molecule has 0 amide bonds. The lowest BCUT2D eigenvalue weighted by molar-refractivity contribution is 0.481. The molecule has 1 atom stereocenters. The van der Waals surface area contributed by atoms with Crippen LogP contribution in [-0.4, -0.2) is 26.3 Å². The molecule has 27 heavy (non-hydrogen) atoms. The number of hydrogen-bond donors (Lipinski definition) is 0. The predicted octanol–water partition coefficient (Wildman–Crippen LogP) is 4.92. The fraction of sp³-hybridized carbons (Fsp3) is 0.450. The Morgan fingerprint density at radius 3 is 2.63 bits per heavy atom. The van der Waals surface area contributed by atoms with Gasteiger partial charge >= 0.3 is 0 Å². The van der Waals surface area contributed by atoms with Gasteiger partial charge in [0.2, 0.25) is 0 Å². The van der Waals surface area contributed by atoms with E-state index >= 15 is 0 Å². The summed E-state index contributed by atoms with van der Waals surface area (Å²) in [5, 5.41) is 5.27. The van der Waals surface area contributed by atoms with E-state index in [1.807, 2.05) is 34.7 Å². The van der Waals surface area contributed by atoms with Crippen LogP contribution in [0.3, 0.4) is 0 Å². The zero-order valence-electron chi connectivity index (χ0n) is 15.8. The van der Waals surface area contributed by atoms with E-state index in [4.69, 9.17) is 11.6 Å². The summed E-state index contributed by atoms with van der Waals surface area (Å²) in [6, 6.07) is 7.31. The van der Waals surface area contributed by atoms with Gasteiger partial charge in [0.05, 0.1) is 22.8 Å². The fourth-order valence-corrected chi connectivity index (χ4v) is 4.25. The number of anilines is 1. The van der Waals surface area contributed by atoms with Crippen molar-refractivity contribution in [2.24, 2.45) is 5.92 Å². The number of aromatic nitrogens is 4. The molecule has 1 saturated heterocycles. The second kappa shape index (κ2) is 7.08. The highest BCUT2D eigenvalue weighted by Gasteiger charge is 2.34. The van der Waals surface area contributed by atoms with Crippen molar-refractivity contribution < 1.29 is 4.39 Å². The summed E-state index contributed by atoms with van der Waals surface area (Å²) in [6.45, 7) is 7.72. The Kier molecular flexibility index (Phi) is 4.76. The second-order valence-corrected chi connectivity index (χ2v) is 7.90. The van der Waals surface area contributed by atoms with E-state index < -0.39 is 5.95 Å². The lowest BCUT2D eigenvalue weighted by Crippen LogP contribution is -2.25. The van der Waals surface area contributed by atoms with Crippen LogP contribution in [0.4, 0.5) is 10.2 Å². The average Bonchev–Trinajstić information content (AvgIpc) is 3.18. The molecule has 0 saturated carbocycles. The van der Waals surface area contributed by atoms with Gasteiger partial charge in [-0.1, -0.05) is 37.6 Å². The Morgan fingerprint density at radius 1 is 1.22 bits per heavy atom. The van der Waals surface area contributed by atoms with Crippen LogP contribution >= 0.6 is 11.6 Å². The Hall–Kier alpha value is -2.21. The maximum absolute atomic E-state index is 14.8. The van der Waals surface area contributed by atoms with E-state index in [0.717, 1.165) is 37.2 Å². The van der Waals surface area contributed by atoms with Gasteiger partial charge in [0.15, 0.2) is 5.82 Å². The minimum atomic E-state index is -0.538. The van der Waals surface area contributed by atoms with Crippen molar-refractivity contribution in [3.8, 4) is 0 Å². The molecule has 0 N–H and O–H groups in total. The van der Waals surface area contributed by atoms with Gasteiger partial charge in [-0.05, 0) is 37.8 Å². The van der Waals surface area contributed by atoms with Crippen molar-refractivity contribution in [3.63, 3.8) is 0 Å². The molecule has 2 aromatic heterocycles. The quantitative estimate of drug-likeness (QED) is 0.637. The number of halogens is 2. The lowest BCUT2D eigenvalue weighted by Gasteiger charge is -2.26. The van der Waals surface area contributed by atoms with Crippen LogP contribution < -0.4 is 4.90 Å². The highest BCUT2D eigenvalue weighted by molar-refractivity contribution is 6.30. The zero-order chi connectivity index (χ0) is 19.1. The lowest BCUT2D eigenvalue weighted by atomic mass is 10.1. The molecular weight excluding hydrogens is 365 g/mol. The zero-order valence-corrected chi connectivity index (χ0v) is 16.5. The number of fused-ring (bicyclic) bond motifs is 1. The van der Waals surface area contributed by atoms with Crippen molar-refractivity contribution in [1.29, 1.82) is 0 Å². The SMILES string of the molecule is Cc1nn(CC(C)C)c(Cl)c1C1CCCN1c1nc2ccccc2nc1F. The highest BCUT2D eigenvalue weighted by atomic mass is 35.5. The largest absolute Gasteiger partial charge is 0.346 e. The minimum absolute atomic E-state index is 0.0385. The highest BCUT2D eigenvalue weighted by Crippen LogP contribution is 2.40. The third-order valence-electron chi connectivity index (χ3n) is 5.02. The number of nitrogens with zero attached hydrogens (tertiary/aromatic N) is 5. The summed E-state index contributed by atoms with van der Waals surface area (Å²) in [4.78, 5) is 10.7. The first kappa shape index (κ1) is 18.2. The molecule has 5 nitrogen and oxygen atoms in total. The van der Waals surface area contributed by atoms with Crippen LogP contribution in [0, 0.1) is 18.8 Å². The van der Waals surface area contributed by atoms with Crippen molar-refractivity contribution in [2.75, 3.05) is 11.4 Å². The first-order valence-corrected chi connectivity index (χ1v) is 9.75. The molecule has 1 aliphatic heterocycles. The van der Waals surface area contributed by atoms with Gasteiger partial charge in [-0.3, -0.25) is 4.68 Å². The van der Waals surface area contributed by atoms with E-state index in [-0.39, 0.29) is 6.04 Å². The van der Waals surface area contributed by atoms with Gasteiger partial charge < -0.3 is 4.90 Å². The summed E-state index contributed by atoms with van der Waals surface area (Å²) in [6.07, 6.45) is 1.84. The van der Waals surface area contributed by atoms with Crippen LogP contribution in [0.1, 0.15) is 44.0 Å². The molecule has 0 spiro atoms. The van der Waals surface area contributed by atoms with Gasteiger partial charge in [-0.2, -0.15) is 9.49 Å². The van der Waals surface area contributed by atoms with E-state index in [9.17, 15) is 4.39 Å². The van der Waals surface area contributed by atoms with Gasteiger partial charge in [-0.15, -0.1) is 0 Å². The topological polar surface area (TPSA) is 46.8 Å². The van der Waals surface area contributed by atoms with Gasteiger partial charge in [-0.25, -0.2) is 9.97 Å². The molecule has 0 bridgehead atoms. The number of hydrogen-bond acceptors (Lipinski definition) is 4. The third kappa shape index (κ3) is 3.27. The van der Waals surface area contributed by atoms with Crippen molar-refractivity contribution in [3.05, 3.63) is 46.6 Å². The molecule has 1 aromatic carbocycles. The minimum Gasteiger partial charge on any atom is -0.346 e. The molecule has 4 rings (SSSR count). The Labute approximate surface area is 163 Å². The van der Waals surface area contributed by atoms with E-state index in [1.54, 1.807) is 6.07 Å². The molecule has 1 aliphatic rings. The van der Waals surface area contributed by atoms with Crippen LogP contribution in [0.5, 0.6) is 0 Å². The first-order chi connectivity index (χ1) is 13.0. The Balaban J connectivity index is 1.75. The summed E-state index contributed by atoms with van der Waals surface area (Å²) in [5.74, 6) is 0.199. The summed E-state index contributed by atoms with van der Waals surface area (Å²) < 4.78 is 16.6. The second-order valence-electron chi connectivity index (χ2n) is 7.54. The molecule has 0 radical (unpaired) electrons. The molecule has 3 heterocycles. The van der Waals surface area contributed by atoms with Gasteiger partial charge in [0, 0.05) is 18.7 Å². The fourth-order valence-electron chi connectivity index (χ4n) is 3.88. The molecule has 0 aliphatic carbocycles. The van der Waals surface area contributed by atoms with Crippen molar-refractivity contribution >= 4 is 28.5 Å².